The van der Waals surface area contributed by atoms with Gasteiger partial charge in [0.1, 0.15) is 5.82 Å². The molecule has 2 heterocycles. The Labute approximate surface area is 159 Å². The van der Waals surface area contributed by atoms with E-state index in [1.54, 1.807) is 29.6 Å². The van der Waals surface area contributed by atoms with Crippen LogP contribution in [0.15, 0.2) is 47.3 Å². The highest BCUT2D eigenvalue weighted by molar-refractivity contribution is 5.94. The zero-order valence-corrected chi connectivity index (χ0v) is 15.9. The van der Waals surface area contributed by atoms with E-state index in [9.17, 15) is 9.18 Å². The second kappa shape index (κ2) is 9.15. The maximum Gasteiger partial charge on any atom is 0.256 e. The van der Waals surface area contributed by atoms with Crippen molar-refractivity contribution < 1.29 is 18.3 Å². The van der Waals surface area contributed by atoms with E-state index in [0.717, 1.165) is 25.2 Å². The second-order valence-electron chi connectivity index (χ2n) is 7.44. The number of carbonyl (C=O) groups is 1. The fourth-order valence-electron chi connectivity index (χ4n) is 3.41. The van der Waals surface area contributed by atoms with Crippen LogP contribution in [0.25, 0.3) is 0 Å². The van der Waals surface area contributed by atoms with E-state index in [-0.39, 0.29) is 23.5 Å². The van der Waals surface area contributed by atoms with Crippen LogP contribution in [0.1, 0.15) is 29.8 Å². The summed E-state index contributed by atoms with van der Waals surface area (Å²) in [6.07, 6.45) is 3.32. The Hall–Kier alpha value is -2.18. The number of halogens is 1. The third-order valence-electron chi connectivity index (χ3n) is 4.61. The molecule has 27 heavy (non-hydrogen) atoms. The predicted molar refractivity (Wildman–Crippen MR) is 101 cm³/mol. The van der Waals surface area contributed by atoms with Crippen LogP contribution in [-0.4, -0.2) is 54.6 Å². The van der Waals surface area contributed by atoms with Gasteiger partial charge in [0.2, 0.25) is 0 Å². The Morgan fingerprint density at radius 3 is 2.85 bits per heavy atom. The first-order valence-corrected chi connectivity index (χ1v) is 9.41. The van der Waals surface area contributed by atoms with Crippen LogP contribution in [0.4, 0.5) is 4.39 Å². The lowest BCUT2D eigenvalue weighted by Gasteiger charge is -2.36. The lowest BCUT2D eigenvalue weighted by atomic mass is 10.1. The summed E-state index contributed by atoms with van der Waals surface area (Å²) >= 11 is 0. The van der Waals surface area contributed by atoms with Gasteiger partial charge in [0.05, 0.1) is 30.8 Å². The van der Waals surface area contributed by atoms with Crippen molar-refractivity contribution in [2.45, 2.75) is 26.5 Å². The second-order valence-corrected chi connectivity index (χ2v) is 7.44. The molecule has 0 bridgehead atoms. The van der Waals surface area contributed by atoms with Gasteiger partial charge in [-0.2, -0.15) is 0 Å². The Kier molecular flexibility index (Phi) is 6.63. The maximum atomic E-state index is 14.1. The lowest BCUT2D eigenvalue weighted by molar-refractivity contribution is -0.0439. The zero-order valence-electron chi connectivity index (χ0n) is 15.9. The zero-order chi connectivity index (χ0) is 19.2. The highest BCUT2D eigenvalue weighted by atomic mass is 19.1. The maximum absolute atomic E-state index is 14.1. The molecule has 1 saturated heterocycles. The Morgan fingerprint density at radius 2 is 2.15 bits per heavy atom. The van der Waals surface area contributed by atoms with Gasteiger partial charge >= 0.3 is 0 Å². The molecule has 1 aromatic heterocycles. The van der Waals surface area contributed by atoms with Gasteiger partial charge in [-0.15, -0.1) is 0 Å². The van der Waals surface area contributed by atoms with Crippen LogP contribution in [0.5, 0.6) is 0 Å². The summed E-state index contributed by atoms with van der Waals surface area (Å²) in [5.41, 5.74) is 1.24. The molecule has 3 rings (SSSR count). The molecule has 0 N–H and O–H groups in total. The predicted octanol–water partition coefficient (Wildman–Crippen LogP) is 3.42. The third-order valence-corrected chi connectivity index (χ3v) is 4.61. The van der Waals surface area contributed by atoms with Gasteiger partial charge < -0.3 is 14.1 Å². The SMILES string of the molecule is CC(C)CN(CC1CN(Cc2ccoc2)CCO1)C(=O)c1ccccc1F. The van der Waals surface area contributed by atoms with Crippen LogP contribution in [-0.2, 0) is 11.3 Å². The quantitative estimate of drug-likeness (QED) is 0.745. The van der Waals surface area contributed by atoms with E-state index in [1.807, 2.05) is 6.07 Å². The molecule has 2 aromatic rings. The Balaban J connectivity index is 1.66. The first-order valence-electron chi connectivity index (χ1n) is 9.41. The number of benzene rings is 1. The summed E-state index contributed by atoms with van der Waals surface area (Å²) in [7, 11) is 0. The number of nitrogens with zero attached hydrogens (tertiary/aromatic N) is 2. The number of hydrogen-bond donors (Lipinski definition) is 0. The van der Waals surface area contributed by atoms with Gasteiger partial charge in [-0.1, -0.05) is 26.0 Å². The molecule has 0 saturated carbocycles. The smallest absolute Gasteiger partial charge is 0.256 e. The first kappa shape index (κ1) is 19.6. The Bertz CT molecular complexity index is 733. The number of hydrogen-bond acceptors (Lipinski definition) is 4. The average Bonchev–Trinajstić information content (AvgIpc) is 3.14. The van der Waals surface area contributed by atoms with Gasteiger partial charge in [0.15, 0.2) is 0 Å². The van der Waals surface area contributed by atoms with Crippen LogP contribution in [0.3, 0.4) is 0 Å². The number of carbonyl (C=O) groups excluding carboxylic acids is 1. The largest absolute Gasteiger partial charge is 0.472 e. The van der Waals surface area contributed by atoms with Crippen LogP contribution < -0.4 is 0 Å². The minimum atomic E-state index is -0.484. The molecule has 5 nitrogen and oxygen atoms in total. The lowest BCUT2D eigenvalue weighted by Crippen LogP contribution is -2.49. The highest BCUT2D eigenvalue weighted by Gasteiger charge is 2.27. The fraction of sp³-hybridized carbons (Fsp3) is 0.476. The van der Waals surface area contributed by atoms with Crippen molar-refractivity contribution >= 4 is 5.91 Å². The molecule has 1 fully saturated rings. The summed E-state index contributed by atoms with van der Waals surface area (Å²) in [5.74, 6) is -0.480. The van der Waals surface area contributed by atoms with E-state index in [4.69, 9.17) is 9.15 Å². The monoisotopic (exact) mass is 374 g/mol. The summed E-state index contributed by atoms with van der Waals surface area (Å²) in [6, 6.07) is 8.10. The fourth-order valence-corrected chi connectivity index (χ4v) is 3.41. The molecule has 0 spiro atoms. The van der Waals surface area contributed by atoms with Crippen molar-refractivity contribution in [1.82, 2.24) is 9.80 Å². The van der Waals surface area contributed by atoms with Crippen molar-refractivity contribution in [3.8, 4) is 0 Å². The van der Waals surface area contributed by atoms with Gasteiger partial charge in [-0.05, 0) is 24.1 Å². The summed E-state index contributed by atoms with van der Waals surface area (Å²) in [5, 5.41) is 0. The molecule has 0 aliphatic carbocycles. The summed E-state index contributed by atoms with van der Waals surface area (Å²) in [6.45, 7) is 8.09. The molecule has 1 aliphatic rings. The molecule has 0 radical (unpaired) electrons. The van der Waals surface area contributed by atoms with Gasteiger partial charge in [0, 0.05) is 38.3 Å². The minimum Gasteiger partial charge on any atom is -0.472 e. The average molecular weight is 374 g/mol. The van der Waals surface area contributed by atoms with E-state index in [1.165, 1.54) is 12.1 Å². The number of morpholine rings is 1. The molecule has 6 heteroatoms. The van der Waals surface area contributed by atoms with E-state index >= 15 is 0 Å². The van der Waals surface area contributed by atoms with Gasteiger partial charge in [-0.3, -0.25) is 9.69 Å². The van der Waals surface area contributed by atoms with Gasteiger partial charge in [0.25, 0.3) is 5.91 Å². The molecule has 146 valence electrons. The molecule has 1 amide bonds. The molecule has 1 unspecified atom stereocenters. The number of ether oxygens (including phenoxy) is 1. The van der Waals surface area contributed by atoms with Crippen LogP contribution in [0.2, 0.25) is 0 Å². The first-order chi connectivity index (χ1) is 13.0. The van der Waals surface area contributed by atoms with Crippen molar-refractivity contribution in [3.05, 3.63) is 59.8 Å². The van der Waals surface area contributed by atoms with E-state index in [2.05, 4.69) is 18.7 Å². The topological polar surface area (TPSA) is 45.9 Å². The minimum absolute atomic E-state index is 0.0971. The van der Waals surface area contributed by atoms with E-state index in [0.29, 0.717) is 19.7 Å². The van der Waals surface area contributed by atoms with Crippen molar-refractivity contribution in [2.75, 3.05) is 32.8 Å². The van der Waals surface area contributed by atoms with Gasteiger partial charge in [-0.25, -0.2) is 4.39 Å². The van der Waals surface area contributed by atoms with Crippen LogP contribution in [0, 0.1) is 11.7 Å². The third kappa shape index (κ3) is 5.40. The van der Waals surface area contributed by atoms with Crippen molar-refractivity contribution in [1.29, 1.82) is 0 Å². The summed E-state index contributed by atoms with van der Waals surface area (Å²) in [4.78, 5) is 16.9. The summed E-state index contributed by atoms with van der Waals surface area (Å²) < 4.78 is 25.1. The standard InChI is InChI=1S/C21H27FN2O3/c1-16(2)11-24(21(25)19-5-3-4-6-20(19)22)14-18-13-23(8-10-27-18)12-17-7-9-26-15-17/h3-7,9,15-16,18H,8,10-14H2,1-2H3. The molecule has 1 atom stereocenters. The van der Waals surface area contributed by atoms with Crippen LogP contribution >= 0.6 is 0 Å². The number of amides is 1. The number of furan rings is 1. The van der Waals surface area contributed by atoms with Crippen molar-refractivity contribution in [3.63, 3.8) is 0 Å². The van der Waals surface area contributed by atoms with E-state index < -0.39 is 5.82 Å². The molecular weight excluding hydrogens is 347 g/mol. The molecule has 1 aliphatic heterocycles. The van der Waals surface area contributed by atoms with Crippen molar-refractivity contribution in [2.24, 2.45) is 5.92 Å². The molecular formula is C21H27FN2O3. The normalized spacial score (nSPS) is 18.0. The Morgan fingerprint density at radius 1 is 1.33 bits per heavy atom. The number of rotatable bonds is 7. The highest BCUT2D eigenvalue weighted by Crippen LogP contribution is 2.16. The molecule has 1 aromatic carbocycles.